The molecule has 0 aliphatic carbocycles. The van der Waals surface area contributed by atoms with E-state index in [-0.39, 0.29) is 0 Å². The summed E-state index contributed by atoms with van der Waals surface area (Å²) >= 11 is 0. The molecule has 94 valence electrons. The Morgan fingerprint density at radius 1 is 1.22 bits per heavy atom. The lowest BCUT2D eigenvalue weighted by molar-refractivity contribution is -0.0589. The molecule has 1 aromatic heterocycles. The quantitative estimate of drug-likeness (QED) is 0.898. The molecule has 18 heavy (non-hydrogen) atoms. The molecule has 2 unspecified atom stereocenters. The highest BCUT2D eigenvalue weighted by atomic mass is 16.6. The Bertz CT molecular complexity index is 506. The Hall–Kier alpha value is -1.58. The van der Waals surface area contributed by atoms with Crippen LogP contribution in [0.5, 0.6) is 0 Å². The minimum absolute atomic E-state index is 0.331. The van der Waals surface area contributed by atoms with Gasteiger partial charge in [-0.05, 0) is 17.2 Å². The van der Waals surface area contributed by atoms with Crippen LogP contribution in [0.2, 0.25) is 0 Å². The SMILES string of the molecule is OC1CC(c2ccn(Cc3ccccc3)c2)CO1. The maximum atomic E-state index is 9.37. The molecule has 3 rings (SSSR count). The Morgan fingerprint density at radius 3 is 2.78 bits per heavy atom. The average molecular weight is 243 g/mol. The Labute approximate surface area is 107 Å². The van der Waals surface area contributed by atoms with E-state index >= 15 is 0 Å². The normalized spacial score (nSPS) is 23.4. The first-order valence-electron chi connectivity index (χ1n) is 6.30. The first-order chi connectivity index (χ1) is 8.81. The van der Waals surface area contributed by atoms with Crippen LogP contribution in [0.1, 0.15) is 23.5 Å². The van der Waals surface area contributed by atoms with Crippen molar-refractivity contribution in [3.63, 3.8) is 0 Å². The van der Waals surface area contributed by atoms with Crippen LogP contribution in [0.4, 0.5) is 0 Å². The van der Waals surface area contributed by atoms with Crippen molar-refractivity contribution < 1.29 is 9.84 Å². The number of aliphatic hydroxyl groups is 1. The molecule has 1 saturated heterocycles. The van der Waals surface area contributed by atoms with Crippen LogP contribution in [-0.4, -0.2) is 22.6 Å². The number of hydrogen-bond acceptors (Lipinski definition) is 2. The van der Waals surface area contributed by atoms with Gasteiger partial charge < -0.3 is 14.4 Å². The van der Waals surface area contributed by atoms with Gasteiger partial charge in [0.25, 0.3) is 0 Å². The molecule has 3 nitrogen and oxygen atoms in total. The van der Waals surface area contributed by atoms with E-state index < -0.39 is 6.29 Å². The molecule has 3 heteroatoms. The molecule has 2 atom stereocenters. The van der Waals surface area contributed by atoms with E-state index in [4.69, 9.17) is 4.74 Å². The summed E-state index contributed by atoms with van der Waals surface area (Å²) in [5.41, 5.74) is 2.55. The maximum Gasteiger partial charge on any atom is 0.155 e. The molecule has 0 saturated carbocycles. The predicted molar refractivity (Wildman–Crippen MR) is 69.3 cm³/mol. The third kappa shape index (κ3) is 2.47. The largest absolute Gasteiger partial charge is 0.368 e. The lowest BCUT2D eigenvalue weighted by Gasteiger charge is -2.05. The molecular formula is C15H17NO2. The van der Waals surface area contributed by atoms with E-state index in [1.54, 1.807) is 0 Å². The first-order valence-corrected chi connectivity index (χ1v) is 6.30. The van der Waals surface area contributed by atoms with Gasteiger partial charge in [-0.1, -0.05) is 30.3 Å². The van der Waals surface area contributed by atoms with Gasteiger partial charge in [-0.15, -0.1) is 0 Å². The van der Waals surface area contributed by atoms with Crippen molar-refractivity contribution in [2.24, 2.45) is 0 Å². The highest BCUT2D eigenvalue weighted by molar-refractivity contribution is 5.20. The summed E-state index contributed by atoms with van der Waals surface area (Å²) in [6, 6.07) is 12.5. The molecule has 1 fully saturated rings. The number of aromatic nitrogens is 1. The second kappa shape index (κ2) is 4.96. The molecule has 0 bridgehead atoms. The number of hydrogen-bond donors (Lipinski definition) is 1. The van der Waals surface area contributed by atoms with Gasteiger partial charge in [-0.3, -0.25) is 0 Å². The zero-order valence-electron chi connectivity index (χ0n) is 10.2. The van der Waals surface area contributed by atoms with Gasteiger partial charge in [0, 0.05) is 31.3 Å². The van der Waals surface area contributed by atoms with Crippen molar-refractivity contribution in [2.45, 2.75) is 25.2 Å². The Kier molecular flexibility index (Phi) is 3.17. The topological polar surface area (TPSA) is 34.4 Å². The number of nitrogens with zero attached hydrogens (tertiary/aromatic N) is 1. The standard InChI is InChI=1S/C15H17NO2/c17-15-8-14(11-18-15)13-6-7-16(10-13)9-12-4-2-1-3-5-12/h1-7,10,14-15,17H,8-9,11H2. The molecule has 2 aromatic rings. The first kappa shape index (κ1) is 11.5. The van der Waals surface area contributed by atoms with Gasteiger partial charge in [-0.2, -0.15) is 0 Å². The zero-order chi connectivity index (χ0) is 12.4. The molecular weight excluding hydrogens is 226 g/mol. The summed E-state index contributed by atoms with van der Waals surface area (Å²) in [5, 5.41) is 9.37. The van der Waals surface area contributed by atoms with Crippen molar-refractivity contribution in [1.29, 1.82) is 0 Å². The molecule has 0 amide bonds. The van der Waals surface area contributed by atoms with Crippen LogP contribution in [0, 0.1) is 0 Å². The fraction of sp³-hybridized carbons (Fsp3) is 0.333. The monoisotopic (exact) mass is 243 g/mol. The fourth-order valence-corrected chi connectivity index (χ4v) is 2.43. The van der Waals surface area contributed by atoms with Crippen LogP contribution >= 0.6 is 0 Å². The van der Waals surface area contributed by atoms with Gasteiger partial charge >= 0.3 is 0 Å². The van der Waals surface area contributed by atoms with E-state index in [1.807, 2.05) is 6.07 Å². The van der Waals surface area contributed by atoms with Gasteiger partial charge in [0.1, 0.15) is 0 Å². The van der Waals surface area contributed by atoms with Gasteiger partial charge in [0.15, 0.2) is 6.29 Å². The second-order valence-electron chi connectivity index (χ2n) is 4.82. The minimum atomic E-state index is -0.590. The summed E-state index contributed by atoms with van der Waals surface area (Å²) in [4.78, 5) is 0. The summed E-state index contributed by atoms with van der Waals surface area (Å²) in [6.07, 6.45) is 4.36. The lowest BCUT2D eigenvalue weighted by Crippen LogP contribution is -2.01. The summed E-state index contributed by atoms with van der Waals surface area (Å²) in [6.45, 7) is 1.51. The summed E-state index contributed by atoms with van der Waals surface area (Å²) in [5.74, 6) is 0.331. The van der Waals surface area contributed by atoms with Crippen LogP contribution in [0.3, 0.4) is 0 Å². The van der Waals surface area contributed by atoms with E-state index in [0.717, 1.165) is 6.54 Å². The number of rotatable bonds is 3. The van der Waals surface area contributed by atoms with Crippen molar-refractivity contribution in [2.75, 3.05) is 6.61 Å². The lowest BCUT2D eigenvalue weighted by atomic mass is 10.0. The van der Waals surface area contributed by atoms with Crippen molar-refractivity contribution >= 4 is 0 Å². The van der Waals surface area contributed by atoms with Crippen LogP contribution in [0.25, 0.3) is 0 Å². The second-order valence-corrected chi connectivity index (χ2v) is 4.82. The summed E-state index contributed by atoms with van der Waals surface area (Å²) in [7, 11) is 0. The molecule has 1 aromatic carbocycles. The summed E-state index contributed by atoms with van der Waals surface area (Å²) < 4.78 is 7.37. The highest BCUT2D eigenvalue weighted by Gasteiger charge is 2.25. The smallest absolute Gasteiger partial charge is 0.155 e. The molecule has 1 aliphatic rings. The van der Waals surface area contributed by atoms with Gasteiger partial charge in [0.05, 0.1) is 6.61 Å². The molecule has 1 N–H and O–H groups in total. The van der Waals surface area contributed by atoms with E-state index in [0.29, 0.717) is 18.9 Å². The molecule has 2 heterocycles. The Morgan fingerprint density at radius 2 is 2.06 bits per heavy atom. The average Bonchev–Trinajstić information content (AvgIpc) is 2.99. The third-order valence-electron chi connectivity index (χ3n) is 3.43. The van der Waals surface area contributed by atoms with Gasteiger partial charge in [0.2, 0.25) is 0 Å². The fourth-order valence-electron chi connectivity index (χ4n) is 2.43. The van der Waals surface area contributed by atoms with Crippen LogP contribution < -0.4 is 0 Å². The predicted octanol–water partition coefficient (Wildman–Crippen LogP) is 2.36. The van der Waals surface area contributed by atoms with Crippen LogP contribution in [0.15, 0.2) is 48.8 Å². The van der Waals surface area contributed by atoms with E-state index in [2.05, 4.69) is 47.3 Å². The van der Waals surface area contributed by atoms with Crippen molar-refractivity contribution in [3.05, 3.63) is 59.9 Å². The van der Waals surface area contributed by atoms with E-state index in [1.165, 1.54) is 11.1 Å². The van der Waals surface area contributed by atoms with E-state index in [9.17, 15) is 5.11 Å². The number of aliphatic hydroxyl groups excluding tert-OH is 1. The highest BCUT2D eigenvalue weighted by Crippen LogP contribution is 2.28. The molecule has 0 radical (unpaired) electrons. The number of benzene rings is 1. The van der Waals surface area contributed by atoms with Crippen molar-refractivity contribution in [1.82, 2.24) is 4.57 Å². The number of ether oxygens (including phenoxy) is 1. The Balaban J connectivity index is 1.70. The zero-order valence-corrected chi connectivity index (χ0v) is 10.2. The molecule has 0 spiro atoms. The van der Waals surface area contributed by atoms with Crippen molar-refractivity contribution in [3.8, 4) is 0 Å². The minimum Gasteiger partial charge on any atom is -0.368 e. The third-order valence-corrected chi connectivity index (χ3v) is 3.43. The van der Waals surface area contributed by atoms with Gasteiger partial charge in [-0.25, -0.2) is 0 Å². The molecule has 1 aliphatic heterocycles. The van der Waals surface area contributed by atoms with Crippen LogP contribution in [-0.2, 0) is 11.3 Å². The maximum absolute atomic E-state index is 9.37.